The van der Waals surface area contributed by atoms with E-state index in [4.69, 9.17) is 11.6 Å². The Balaban J connectivity index is 3.13. The van der Waals surface area contributed by atoms with Gasteiger partial charge in [0.1, 0.15) is 4.60 Å². The van der Waals surface area contributed by atoms with Gasteiger partial charge in [0.05, 0.1) is 24.1 Å². The standard InChI is InChI=1S/C9H7BrClF2NO2/c1-16-5(15)2-4-3-14-8(10)6(7(4)11)9(12)13/h3,9H,2H2,1H3. The highest BCUT2D eigenvalue weighted by atomic mass is 79.9. The molecule has 16 heavy (non-hydrogen) atoms. The highest BCUT2D eigenvalue weighted by Gasteiger charge is 2.21. The van der Waals surface area contributed by atoms with E-state index in [-0.39, 0.29) is 21.6 Å². The van der Waals surface area contributed by atoms with Gasteiger partial charge in [0.25, 0.3) is 6.43 Å². The maximum atomic E-state index is 12.6. The molecule has 0 aliphatic rings. The molecule has 88 valence electrons. The number of methoxy groups -OCH3 is 1. The summed E-state index contributed by atoms with van der Waals surface area (Å²) in [5, 5.41) is -0.165. The zero-order valence-corrected chi connectivity index (χ0v) is 10.5. The molecule has 0 unspecified atom stereocenters. The molecule has 1 aromatic rings. The van der Waals surface area contributed by atoms with Crippen LogP contribution in [-0.4, -0.2) is 18.1 Å². The van der Waals surface area contributed by atoms with Gasteiger partial charge in [-0.25, -0.2) is 13.8 Å². The third-order valence-corrected chi connectivity index (χ3v) is 2.93. The number of nitrogens with zero attached hydrogens (tertiary/aromatic N) is 1. The number of aromatic nitrogens is 1. The Bertz CT molecular complexity index is 415. The number of ether oxygens (including phenoxy) is 1. The summed E-state index contributed by atoms with van der Waals surface area (Å²) >= 11 is 8.63. The molecule has 1 aromatic heterocycles. The van der Waals surface area contributed by atoms with Crippen LogP contribution in [0, 0.1) is 0 Å². The highest BCUT2D eigenvalue weighted by molar-refractivity contribution is 9.10. The predicted molar refractivity (Wildman–Crippen MR) is 57.6 cm³/mol. The van der Waals surface area contributed by atoms with Crippen molar-refractivity contribution in [2.24, 2.45) is 0 Å². The van der Waals surface area contributed by atoms with Crippen LogP contribution in [0.2, 0.25) is 5.02 Å². The monoisotopic (exact) mass is 313 g/mol. The third-order valence-electron chi connectivity index (χ3n) is 1.86. The van der Waals surface area contributed by atoms with Crippen molar-refractivity contribution in [3.63, 3.8) is 0 Å². The number of halogens is 4. The van der Waals surface area contributed by atoms with Crippen LogP contribution in [-0.2, 0) is 16.0 Å². The van der Waals surface area contributed by atoms with Gasteiger partial charge >= 0.3 is 5.97 Å². The van der Waals surface area contributed by atoms with Crippen molar-refractivity contribution >= 4 is 33.5 Å². The highest BCUT2D eigenvalue weighted by Crippen LogP contribution is 2.34. The molecule has 0 aliphatic heterocycles. The van der Waals surface area contributed by atoms with Crippen LogP contribution in [0.1, 0.15) is 17.6 Å². The summed E-state index contributed by atoms with van der Waals surface area (Å²) in [7, 11) is 1.20. The Kier molecular flexibility index (Phi) is 4.61. The van der Waals surface area contributed by atoms with Crippen molar-refractivity contribution in [2.75, 3.05) is 7.11 Å². The molecule has 7 heteroatoms. The number of esters is 1. The van der Waals surface area contributed by atoms with Crippen molar-refractivity contribution in [3.8, 4) is 0 Å². The average molecular weight is 315 g/mol. The van der Waals surface area contributed by atoms with Crippen LogP contribution in [0.4, 0.5) is 8.78 Å². The van der Waals surface area contributed by atoms with E-state index in [1.807, 2.05) is 0 Å². The van der Waals surface area contributed by atoms with E-state index in [0.717, 1.165) is 0 Å². The zero-order valence-electron chi connectivity index (χ0n) is 8.14. The first-order valence-electron chi connectivity index (χ1n) is 4.15. The second-order valence-electron chi connectivity index (χ2n) is 2.86. The number of hydrogen-bond donors (Lipinski definition) is 0. The minimum Gasteiger partial charge on any atom is -0.469 e. The van der Waals surface area contributed by atoms with Gasteiger partial charge in [-0.2, -0.15) is 0 Å². The maximum absolute atomic E-state index is 12.6. The summed E-state index contributed by atoms with van der Waals surface area (Å²) in [6.07, 6.45) is -1.68. The quantitative estimate of drug-likeness (QED) is 0.635. The van der Waals surface area contributed by atoms with Crippen molar-refractivity contribution in [2.45, 2.75) is 12.8 Å². The van der Waals surface area contributed by atoms with Crippen molar-refractivity contribution in [1.82, 2.24) is 4.98 Å². The van der Waals surface area contributed by atoms with Crippen molar-refractivity contribution in [3.05, 3.63) is 26.9 Å². The molecule has 0 aromatic carbocycles. The molecule has 0 spiro atoms. The summed E-state index contributed by atoms with van der Waals surface area (Å²) in [5.41, 5.74) is -0.199. The van der Waals surface area contributed by atoms with Crippen LogP contribution in [0.25, 0.3) is 0 Å². The Morgan fingerprint density at radius 2 is 2.31 bits per heavy atom. The predicted octanol–water partition coefficient (Wildman–Crippen LogP) is 3.15. The SMILES string of the molecule is COC(=O)Cc1cnc(Br)c(C(F)F)c1Cl. The molecule has 0 atom stereocenters. The van der Waals surface area contributed by atoms with Gasteiger partial charge in [-0.3, -0.25) is 4.79 Å². The largest absolute Gasteiger partial charge is 0.469 e. The number of carbonyl (C=O) groups excluding carboxylic acids is 1. The fourth-order valence-electron chi connectivity index (χ4n) is 1.06. The fourth-order valence-corrected chi connectivity index (χ4v) is 1.94. The average Bonchev–Trinajstić information content (AvgIpc) is 2.21. The first kappa shape index (κ1) is 13.3. The molecule has 0 N–H and O–H groups in total. The number of carbonyl (C=O) groups is 1. The van der Waals surface area contributed by atoms with E-state index in [2.05, 4.69) is 25.7 Å². The molecule has 1 heterocycles. The van der Waals surface area contributed by atoms with Crippen LogP contribution in [0.15, 0.2) is 10.8 Å². The Hall–Kier alpha value is -0.750. The molecule has 0 radical (unpaired) electrons. The van der Waals surface area contributed by atoms with Gasteiger partial charge in [-0.15, -0.1) is 0 Å². The van der Waals surface area contributed by atoms with Crippen LogP contribution in [0.3, 0.4) is 0 Å². The van der Waals surface area contributed by atoms with Gasteiger partial charge in [-0.1, -0.05) is 11.6 Å². The van der Waals surface area contributed by atoms with E-state index < -0.39 is 18.0 Å². The van der Waals surface area contributed by atoms with Gasteiger partial charge in [0.2, 0.25) is 0 Å². The molecular formula is C9H7BrClF2NO2. The zero-order chi connectivity index (χ0) is 12.3. The summed E-state index contributed by atoms with van der Waals surface area (Å²) < 4.78 is 29.6. The van der Waals surface area contributed by atoms with Crippen molar-refractivity contribution in [1.29, 1.82) is 0 Å². The summed E-state index contributed by atoms with van der Waals surface area (Å²) in [5.74, 6) is -0.564. The van der Waals surface area contributed by atoms with E-state index in [1.165, 1.54) is 13.3 Å². The summed E-state index contributed by atoms with van der Waals surface area (Å²) in [4.78, 5) is 14.7. The van der Waals surface area contributed by atoms with Gasteiger partial charge in [0.15, 0.2) is 0 Å². The van der Waals surface area contributed by atoms with Crippen LogP contribution in [0.5, 0.6) is 0 Å². The molecule has 0 bridgehead atoms. The lowest BCUT2D eigenvalue weighted by Gasteiger charge is -2.09. The summed E-state index contributed by atoms with van der Waals surface area (Å²) in [6.45, 7) is 0. The summed E-state index contributed by atoms with van der Waals surface area (Å²) in [6, 6.07) is 0. The van der Waals surface area contributed by atoms with Crippen LogP contribution < -0.4 is 0 Å². The second kappa shape index (κ2) is 5.54. The Labute approximate surface area is 104 Å². The molecule has 3 nitrogen and oxygen atoms in total. The minimum absolute atomic E-state index is 0.0267. The molecule has 0 saturated heterocycles. The smallest absolute Gasteiger partial charge is 0.310 e. The normalized spacial score (nSPS) is 10.6. The number of hydrogen-bond acceptors (Lipinski definition) is 3. The van der Waals surface area contributed by atoms with E-state index in [0.29, 0.717) is 0 Å². The first-order chi connectivity index (χ1) is 7.47. The van der Waals surface area contributed by atoms with E-state index in [9.17, 15) is 13.6 Å². The van der Waals surface area contributed by atoms with E-state index >= 15 is 0 Å². The maximum Gasteiger partial charge on any atom is 0.310 e. The van der Waals surface area contributed by atoms with Crippen molar-refractivity contribution < 1.29 is 18.3 Å². The first-order valence-corrected chi connectivity index (χ1v) is 5.32. The lowest BCUT2D eigenvalue weighted by molar-refractivity contribution is -0.139. The van der Waals surface area contributed by atoms with E-state index in [1.54, 1.807) is 0 Å². The number of rotatable bonds is 3. The third kappa shape index (κ3) is 2.89. The number of alkyl halides is 2. The number of pyridine rings is 1. The topological polar surface area (TPSA) is 39.2 Å². The van der Waals surface area contributed by atoms with Crippen LogP contribution >= 0.6 is 27.5 Å². The Morgan fingerprint density at radius 3 is 2.81 bits per heavy atom. The van der Waals surface area contributed by atoms with Gasteiger partial charge in [-0.05, 0) is 15.9 Å². The van der Waals surface area contributed by atoms with Gasteiger partial charge in [0, 0.05) is 11.8 Å². The lowest BCUT2D eigenvalue weighted by atomic mass is 10.1. The molecule has 0 fully saturated rings. The fraction of sp³-hybridized carbons (Fsp3) is 0.333. The molecule has 1 rings (SSSR count). The molecular weight excluding hydrogens is 307 g/mol. The second-order valence-corrected chi connectivity index (χ2v) is 3.98. The molecule has 0 amide bonds. The lowest BCUT2D eigenvalue weighted by Crippen LogP contribution is -2.07. The Morgan fingerprint density at radius 1 is 1.69 bits per heavy atom. The molecule has 0 saturated carbocycles. The molecule has 0 aliphatic carbocycles. The van der Waals surface area contributed by atoms with Gasteiger partial charge < -0.3 is 4.74 Å². The minimum atomic E-state index is -2.76.